The van der Waals surface area contributed by atoms with Crippen molar-refractivity contribution in [3.8, 4) is 0 Å². The molecule has 3 rings (SSSR count). The van der Waals surface area contributed by atoms with Crippen LogP contribution in [0.3, 0.4) is 0 Å². The lowest BCUT2D eigenvalue weighted by Gasteiger charge is -2.04. The Morgan fingerprint density at radius 2 is 1.94 bits per heavy atom. The Kier molecular flexibility index (Phi) is 2.37. The third-order valence-corrected chi connectivity index (χ3v) is 2.87. The molecule has 18 heavy (non-hydrogen) atoms. The average molecular weight is 241 g/mol. The van der Waals surface area contributed by atoms with Gasteiger partial charge in [0.25, 0.3) is 0 Å². The summed E-state index contributed by atoms with van der Waals surface area (Å²) >= 11 is 0. The fourth-order valence-corrected chi connectivity index (χ4v) is 1.94. The smallest absolute Gasteiger partial charge is 0.366 e. The van der Waals surface area contributed by atoms with Crippen LogP contribution in [-0.2, 0) is 6.54 Å². The van der Waals surface area contributed by atoms with Gasteiger partial charge in [-0.3, -0.25) is 4.52 Å². The van der Waals surface area contributed by atoms with Crippen LogP contribution in [0.15, 0.2) is 51.8 Å². The summed E-state index contributed by atoms with van der Waals surface area (Å²) in [4.78, 5) is 11.4. The maximum atomic E-state index is 11.4. The number of benzene rings is 2. The van der Waals surface area contributed by atoms with Crippen molar-refractivity contribution in [1.29, 1.82) is 0 Å². The van der Waals surface area contributed by atoms with Crippen LogP contribution in [-0.4, -0.2) is 9.72 Å². The molecule has 0 bridgehead atoms. The number of rotatable bonds is 2. The topological polar surface area (TPSA) is 74.1 Å². The molecule has 0 spiro atoms. The highest BCUT2D eigenvalue weighted by Gasteiger charge is 2.07. The van der Waals surface area contributed by atoms with E-state index < -0.39 is 5.76 Å². The maximum Gasteiger partial charge on any atom is 0.443 e. The Hall–Kier alpha value is -2.56. The Bertz CT molecular complexity index is 758. The van der Waals surface area contributed by atoms with Crippen molar-refractivity contribution in [2.24, 2.45) is 0 Å². The third-order valence-electron chi connectivity index (χ3n) is 2.87. The molecule has 5 nitrogen and oxygen atoms in total. The van der Waals surface area contributed by atoms with E-state index in [2.05, 4.69) is 9.68 Å². The Labute approximate surface area is 102 Å². The molecule has 0 aliphatic heterocycles. The van der Waals surface area contributed by atoms with Gasteiger partial charge in [-0.2, -0.15) is 0 Å². The van der Waals surface area contributed by atoms with Crippen LogP contribution in [0.2, 0.25) is 0 Å². The van der Waals surface area contributed by atoms with Gasteiger partial charge in [0.05, 0.1) is 6.54 Å². The standard InChI is InChI=1S/C13H11N3O2/c14-12-15-18-13(17)16(12)8-9-5-6-10-3-1-2-4-11(10)7-9/h1-7H,8H2,(H2,14,15). The van der Waals surface area contributed by atoms with E-state index in [1.807, 2.05) is 42.5 Å². The molecule has 0 aliphatic rings. The summed E-state index contributed by atoms with van der Waals surface area (Å²) in [6.45, 7) is 0.360. The van der Waals surface area contributed by atoms with Crippen molar-refractivity contribution in [2.45, 2.75) is 6.54 Å². The number of hydrogen-bond acceptors (Lipinski definition) is 4. The first-order chi connectivity index (χ1) is 8.74. The summed E-state index contributed by atoms with van der Waals surface area (Å²) in [6.07, 6.45) is 0. The van der Waals surface area contributed by atoms with Gasteiger partial charge in [-0.1, -0.05) is 36.4 Å². The van der Waals surface area contributed by atoms with Crippen molar-refractivity contribution in [1.82, 2.24) is 9.72 Å². The number of aromatic nitrogens is 2. The number of fused-ring (bicyclic) bond motifs is 1. The summed E-state index contributed by atoms with van der Waals surface area (Å²) < 4.78 is 5.78. The molecule has 1 heterocycles. The van der Waals surface area contributed by atoms with E-state index in [4.69, 9.17) is 5.73 Å². The van der Waals surface area contributed by atoms with Crippen LogP contribution in [0.4, 0.5) is 5.95 Å². The van der Waals surface area contributed by atoms with Gasteiger partial charge >= 0.3 is 5.76 Å². The van der Waals surface area contributed by atoms with E-state index in [9.17, 15) is 4.79 Å². The minimum absolute atomic E-state index is 0.0909. The van der Waals surface area contributed by atoms with Crippen LogP contribution in [0, 0.1) is 0 Å². The number of hydrogen-bond donors (Lipinski definition) is 1. The van der Waals surface area contributed by atoms with Crippen LogP contribution in [0.1, 0.15) is 5.56 Å². The van der Waals surface area contributed by atoms with Crippen LogP contribution < -0.4 is 11.5 Å². The summed E-state index contributed by atoms with van der Waals surface area (Å²) in [6, 6.07) is 14.0. The summed E-state index contributed by atoms with van der Waals surface area (Å²) in [5.41, 5.74) is 6.54. The zero-order valence-electron chi connectivity index (χ0n) is 9.54. The summed E-state index contributed by atoms with van der Waals surface area (Å²) in [5.74, 6) is -0.450. The minimum atomic E-state index is -0.541. The van der Waals surface area contributed by atoms with Crippen molar-refractivity contribution < 1.29 is 4.52 Å². The Morgan fingerprint density at radius 1 is 1.17 bits per heavy atom. The summed E-state index contributed by atoms with van der Waals surface area (Å²) in [7, 11) is 0. The number of nitrogens with zero attached hydrogens (tertiary/aromatic N) is 2. The quantitative estimate of drug-likeness (QED) is 0.739. The van der Waals surface area contributed by atoms with E-state index >= 15 is 0 Å². The molecule has 0 atom stereocenters. The van der Waals surface area contributed by atoms with Gasteiger partial charge in [-0.15, -0.1) is 0 Å². The highest BCUT2D eigenvalue weighted by molar-refractivity contribution is 5.82. The fourth-order valence-electron chi connectivity index (χ4n) is 1.94. The SMILES string of the molecule is Nc1noc(=O)n1Cc1ccc2ccccc2c1. The predicted octanol–water partition coefficient (Wildman–Crippen LogP) is 1.62. The van der Waals surface area contributed by atoms with E-state index in [1.165, 1.54) is 4.57 Å². The first-order valence-corrected chi connectivity index (χ1v) is 5.54. The number of nitrogens with two attached hydrogens (primary N) is 1. The van der Waals surface area contributed by atoms with Gasteiger partial charge in [-0.25, -0.2) is 9.36 Å². The van der Waals surface area contributed by atoms with Gasteiger partial charge in [0.2, 0.25) is 5.95 Å². The molecule has 0 saturated heterocycles. The molecule has 0 amide bonds. The first kappa shape index (κ1) is 10.6. The van der Waals surface area contributed by atoms with Gasteiger partial charge in [0.15, 0.2) is 0 Å². The molecule has 0 unspecified atom stereocenters. The second kappa shape index (κ2) is 4.03. The zero-order chi connectivity index (χ0) is 12.5. The molecule has 2 N–H and O–H groups in total. The highest BCUT2D eigenvalue weighted by atomic mass is 16.5. The maximum absolute atomic E-state index is 11.4. The molecule has 2 aromatic carbocycles. The van der Waals surface area contributed by atoms with Gasteiger partial charge in [0, 0.05) is 0 Å². The lowest BCUT2D eigenvalue weighted by Crippen LogP contribution is -2.17. The molecule has 0 aliphatic carbocycles. The van der Waals surface area contributed by atoms with E-state index in [0.29, 0.717) is 6.54 Å². The van der Waals surface area contributed by atoms with Crippen molar-refractivity contribution >= 4 is 16.7 Å². The molecular weight excluding hydrogens is 230 g/mol. The van der Waals surface area contributed by atoms with Crippen molar-refractivity contribution in [3.63, 3.8) is 0 Å². The highest BCUT2D eigenvalue weighted by Crippen LogP contribution is 2.16. The van der Waals surface area contributed by atoms with E-state index in [1.54, 1.807) is 0 Å². The van der Waals surface area contributed by atoms with Crippen LogP contribution in [0.5, 0.6) is 0 Å². The molecule has 0 radical (unpaired) electrons. The number of nitrogen functional groups attached to an aromatic ring is 1. The largest absolute Gasteiger partial charge is 0.443 e. The van der Waals surface area contributed by atoms with Gasteiger partial charge < -0.3 is 5.73 Å². The molecule has 1 aromatic heterocycles. The Balaban J connectivity index is 2.03. The third kappa shape index (κ3) is 1.75. The predicted molar refractivity (Wildman–Crippen MR) is 68.2 cm³/mol. The molecular formula is C13H11N3O2. The van der Waals surface area contributed by atoms with Crippen LogP contribution >= 0.6 is 0 Å². The van der Waals surface area contributed by atoms with Gasteiger partial charge in [0.1, 0.15) is 0 Å². The Morgan fingerprint density at radius 3 is 2.67 bits per heavy atom. The summed E-state index contributed by atoms with van der Waals surface area (Å²) in [5, 5.41) is 5.71. The fraction of sp³-hybridized carbons (Fsp3) is 0.0769. The minimum Gasteiger partial charge on any atom is -0.366 e. The molecule has 90 valence electrons. The molecule has 0 fully saturated rings. The lowest BCUT2D eigenvalue weighted by atomic mass is 10.1. The zero-order valence-corrected chi connectivity index (χ0v) is 9.54. The molecule has 3 aromatic rings. The second-order valence-electron chi connectivity index (χ2n) is 4.07. The lowest BCUT2D eigenvalue weighted by molar-refractivity contribution is 0.378. The van der Waals surface area contributed by atoms with Crippen molar-refractivity contribution in [3.05, 3.63) is 58.6 Å². The monoisotopic (exact) mass is 241 g/mol. The van der Waals surface area contributed by atoms with Crippen LogP contribution in [0.25, 0.3) is 10.8 Å². The van der Waals surface area contributed by atoms with Gasteiger partial charge in [-0.05, 0) is 27.6 Å². The second-order valence-corrected chi connectivity index (χ2v) is 4.07. The van der Waals surface area contributed by atoms with Crippen molar-refractivity contribution in [2.75, 3.05) is 5.73 Å². The van der Waals surface area contributed by atoms with E-state index in [-0.39, 0.29) is 5.95 Å². The normalized spacial score (nSPS) is 10.9. The van der Waals surface area contributed by atoms with E-state index in [0.717, 1.165) is 16.3 Å². The first-order valence-electron chi connectivity index (χ1n) is 5.54. The average Bonchev–Trinajstić information content (AvgIpc) is 2.70. The number of anilines is 1. The molecule has 0 saturated carbocycles. The molecule has 5 heteroatoms.